The van der Waals surface area contributed by atoms with Gasteiger partial charge in [-0.05, 0) is 45.4 Å². The molecule has 0 aliphatic carbocycles. The molecular weight excluding hydrogens is 238 g/mol. The van der Waals surface area contributed by atoms with Gasteiger partial charge in [0, 0.05) is 18.3 Å². The lowest BCUT2D eigenvalue weighted by molar-refractivity contribution is 0.242. The van der Waals surface area contributed by atoms with Gasteiger partial charge in [-0.3, -0.25) is 9.88 Å². The van der Waals surface area contributed by atoms with Crippen LogP contribution in [0, 0.1) is 13.8 Å². The zero-order valence-electron chi connectivity index (χ0n) is 11.5. The summed E-state index contributed by atoms with van der Waals surface area (Å²) in [5.41, 5.74) is 3.40. The van der Waals surface area contributed by atoms with Crippen molar-refractivity contribution in [2.24, 2.45) is 0 Å². The van der Waals surface area contributed by atoms with Crippen LogP contribution >= 0.6 is 0 Å². The molecular formula is C15H19N3O. The predicted molar refractivity (Wildman–Crippen MR) is 72.6 cm³/mol. The van der Waals surface area contributed by atoms with Gasteiger partial charge < -0.3 is 4.52 Å². The van der Waals surface area contributed by atoms with Crippen molar-refractivity contribution in [1.29, 1.82) is 0 Å². The highest BCUT2D eigenvalue weighted by molar-refractivity contribution is 5.21. The molecule has 0 saturated carbocycles. The maximum Gasteiger partial charge on any atom is 0.138 e. The molecule has 3 rings (SSSR count). The Bertz CT molecular complexity index is 530. The van der Waals surface area contributed by atoms with Crippen LogP contribution in [0.4, 0.5) is 0 Å². The highest BCUT2D eigenvalue weighted by Crippen LogP contribution is 2.32. The summed E-state index contributed by atoms with van der Waals surface area (Å²) < 4.78 is 5.25. The van der Waals surface area contributed by atoms with Crippen molar-refractivity contribution < 1.29 is 4.52 Å². The first-order chi connectivity index (χ1) is 9.25. The Morgan fingerprint density at radius 3 is 2.95 bits per heavy atom. The Kier molecular flexibility index (Phi) is 3.34. The van der Waals surface area contributed by atoms with Crippen LogP contribution in [0.25, 0.3) is 0 Å². The number of rotatable bonds is 3. The minimum Gasteiger partial charge on any atom is -0.361 e. The molecule has 0 aromatic carbocycles. The summed E-state index contributed by atoms with van der Waals surface area (Å²) in [6, 6.07) is 6.58. The molecule has 1 saturated heterocycles. The number of pyridine rings is 1. The quantitative estimate of drug-likeness (QED) is 0.847. The fourth-order valence-electron chi connectivity index (χ4n) is 2.85. The van der Waals surface area contributed by atoms with Gasteiger partial charge in [0.2, 0.25) is 0 Å². The summed E-state index contributed by atoms with van der Waals surface area (Å²) >= 11 is 0. The normalized spacial score (nSPS) is 20.0. The second-order valence-electron chi connectivity index (χ2n) is 5.19. The van der Waals surface area contributed by atoms with Gasteiger partial charge in [0.05, 0.1) is 17.4 Å². The third-order valence-electron chi connectivity index (χ3n) is 3.94. The lowest BCUT2D eigenvalue weighted by Crippen LogP contribution is -2.23. The van der Waals surface area contributed by atoms with E-state index in [0.717, 1.165) is 24.5 Å². The predicted octanol–water partition coefficient (Wildman–Crippen LogP) is 3.02. The van der Waals surface area contributed by atoms with E-state index in [4.69, 9.17) is 4.52 Å². The van der Waals surface area contributed by atoms with Crippen molar-refractivity contribution in [2.45, 2.75) is 39.3 Å². The smallest absolute Gasteiger partial charge is 0.138 e. The van der Waals surface area contributed by atoms with Gasteiger partial charge in [0.25, 0.3) is 0 Å². The molecule has 2 aromatic rings. The maximum atomic E-state index is 5.25. The lowest BCUT2D eigenvalue weighted by atomic mass is 10.1. The Balaban J connectivity index is 1.81. The van der Waals surface area contributed by atoms with Crippen molar-refractivity contribution >= 4 is 0 Å². The van der Waals surface area contributed by atoms with Crippen LogP contribution in [-0.2, 0) is 6.54 Å². The van der Waals surface area contributed by atoms with E-state index in [2.05, 4.69) is 27.2 Å². The van der Waals surface area contributed by atoms with E-state index >= 15 is 0 Å². The van der Waals surface area contributed by atoms with E-state index in [1.807, 2.05) is 26.1 Å². The SMILES string of the molecule is Cc1noc(C)c1CN1CCC[C@H]1c1ccccn1. The van der Waals surface area contributed by atoms with Gasteiger partial charge in [0.15, 0.2) is 0 Å². The number of aromatic nitrogens is 2. The summed E-state index contributed by atoms with van der Waals surface area (Å²) in [6.07, 6.45) is 4.28. The summed E-state index contributed by atoms with van der Waals surface area (Å²) in [4.78, 5) is 6.99. The molecule has 0 radical (unpaired) electrons. The number of hydrogen-bond acceptors (Lipinski definition) is 4. The van der Waals surface area contributed by atoms with Gasteiger partial charge in [0.1, 0.15) is 5.76 Å². The van der Waals surface area contributed by atoms with Crippen LogP contribution in [0.1, 0.15) is 41.6 Å². The molecule has 1 aliphatic rings. The molecule has 1 aliphatic heterocycles. The van der Waals surface area contributed by atoms with E-state index in [1.165, 1.54) is 24.1 Å². The highest BCUT2D eigenvalue weighted by Gasteiger charge is 2.28. The zero-order valence-corrected chi connectivity index (χ0v) is 11.5. The molecule has 0 amide bonds. The van der Waals surface area contributed by atoms with Crippen molar-refractivity contribution in [3.8, 4) is 0 Å². The van der Waals surface area contributed by atoms with E-state index in [1.54, 1.807) is 0 Å². The van der Waals surface area contributed by atoms with Crippen LogP contribution in [0.2, 0.25) is 0 Å². The zero-order chi connectivity index (χ0) is 13.2. The largest absolute Gasteiger partial charge is 0.361 e. The van der Waals surface area contributed by atoms with Crippen LogP contribution < -0.4 is 0 Å². The third-order valence-corrected chi connectivity index (χ3v) is 3.94. The average Bonchev–Trinajstić information content (AvgIpc) is 3.02. The topological polar surface area (TPSA) is 42.2 Å². The standard InChI is InChI=1S/C15H19N3O/c1-11-13(12(2)19-17-11)10-18-9-5-7-15(18)14-6-3-4-8-16-14/h3-4,6,8,15H,5,7,9-10H2,1-2H3/t15-/m0/s1. The van der Waals surface area contributed by atoms with E-state index in [9.17, 15) is 0 Å². The Labute approximate surface area is 113 Å². The van der Waals surface area contributed by atoms with Gasteiger partial charge in [-0.15, -0.1) is 0 Å². The van der Waals surface area contributed by atoms with Crippen LogP contribution in [0.5, 0.6) is 0 Å². The Morgan fingerprint density at radius 2 is 2.26 bits per heavy atom. The summed E-state index contributed by atoms with van der Waals surface area (Å²) in [6.45, 7) is 6.02. The van der Waals surface area contributed by atoms with Crippen molar-refractivity contribution in [3.63, 3.8) is 0 Å². The first-order valence-corrected chi connectivity index (χ1v) is 6.82. The molecule has 19 heavy (non-hydrogen) atoms. The lowest BCUT2D eigenvalue weighted by Gasteiger charge is -2.23. The number of aryl methyl sites for hydroxylation is 2. The molecule has 0 bridgehead atoms. The summed E-state index contributed by atoms with van der Waals surface area (Å²) in [5, 5.41) is 4.04. The number of likely N-dealkylation sites (tertiary alicyclic amines) is 1. The molecule has 100 valence electrons. The van der Waals surface area contributed by atoms with E-state index in [-0.39, 0.29) is 0 Å². The van der Waals surface area contributed by atoms with Crippen LogP contribution in [-0.4, -0.2) is 21.6 Å². The second kappa shape index (κ2) is 5.13. The fourth-order valence-corrected chi connectivity index (χ4v) is 2.85. The second-order valence-corrected chi connectivity index (χ2v) is 5.19. The van der Waals surface area contributed by atoms with Crippen molar-refractivity contribution in [1.82, 2.24) is 15.0 Å². The third kappa shape index (κ3) is 2.40. The Hall–Kier alpha value is -1.68. The van der Waals surface area contributed by atoms with E-state index < -0.39 is 0 Å². The number of hydrogen-bond donors (Lipinski definition) is 0. The van der Waals surface area contributed by atoms with Gasteiger partial charge in [-0.2, -0.15) is 0 Å². The molecule has 4 nitrogen and oxygen atoms in total. The number of nitrogens with zero attached hydrogens (tertiary/aromatic N) is 3. The molecule has 0 spiro atoms. The first-order valence-electron chi connectivity index (χ1n) is 6.82. The molecule has 2 aromatic heterocycles. The first kappa shape index (κ1) is 12.4. The molecule has 1 fully saturated rings. The highest BCUT2D eigenvalue weighted by atomic mass is 16.5. The average molecular weight is 257 g/mol. The fraction of sp³-hybridized carbons (Fsp3) is 0.467. The monoisotopic (exact) mass is 257 g/mol. The maximum absolute atomic E-state index is 5.25. The summed E-state index contributed by atoms with van der Waals surface area (Å²) in [5.74, 6) is 0.934. The van der Waals surface area contributed by atoms with Gasteiger partial charge in [-0.25, -0.2) is 0 Å². The minimum atomic E-state index is 0.426. The van der Waals surface area contributed by atoms with Gasteiger partial charge in [-0.1, -0.05) is 11.2 Å². The van der Waals surface area contributed by atoms with Crippen molar-refractivity contribution in [3.05, 3.63) is 47.1 Å². The van der Waals surface area contributed by atoms with Crippen molar-refractivity contribution in [2.75, 3.05) is 6.54 Å². The van der Waals surface area contributed by atoms with Crippen LogP contribution in [0.15, 0.2) is 28.9 Å². The molecule has 1 atom stereocenters. The molecule has 0 unspecified atom stereocenters. The van der Waals surface area contributed by atoms with Crippen LogP contribution in [0.3, 0.4) is 0 Å². The molecule has 3 heterocycles. The Morgan fingerprint density at radius 1 is 1.37 bits per heavy atom. The molecule has 4 heteroatoms. The minimum absolute atomic E-state index is 0.426. The van der Waals surface area contributed by atoms with E-state index in [0.29, 0.717) is 6.04 Å². The van der Waals surface area contributed by atoms with Gasteiger partial charge >= 0.3 is 0 Å². The summed E-state index contributed by atoms with van der Waals surface area (Å²) in [7, 11) is 0. The molecule has 0 N–H and O–H groups in total.